The van der Waals surface area contributed by atoms with E-state index in [9.17, 15) is 9.59 Å². The number of nitrogens with zero attached hydrogens (tertiary/aromatic N) is 2. The third-order valence-electron chi connectivity index (χ3n) is 7.83. The summed E-state index contributed by atoms with van der Waals surface area (Å²) in [6, 6.07) is 7.90. The fourth-order valence-electron chi connectivity index (χ4n) is 6.85. The summed E-state index contributed by atoms with van der Waals surface area (Å²) < 4.78 is 5.20. The van der Waals surface area contributed by atoms with Crippen LogP contribution in [0, 0.1) is 29.6 Å². The normalized spacial score (nSPS) is 36.1. The van der Waals surface area contributed by atoms with Gasteiger partial charge in [-0.3, -0.25) is 9.59 Å². The van der Waals surface area contributed by atoms with Crippen LogP contribution >= 0.6 is 0 Å². The molecule has 4 bridgehead atoms. The molecule has 4 aliphatic carbocycles. The number of benzene rings is 1. The van der Waals surface area contributed by atoms with Crippen LogP contribution in [0.15, 0.2) is 24.3 Å². The topological polar surface area (TPSA) is 49.9 Å². The number of carbonyl (C=O) groups excluding carboxylic acids is 2. The first-order chi connectivity index (χ1) is 13.5. The molecular weight excluding hydrogens is 352 g/mol. The third kappa shape index (κ3) is 2.90. The standard InChI is InChI=1S/C23H30N2O3/c1-24(22-16-8-14-7-15(10-16)11-17(22)9-14)23(27)18-12-21(26)25(13-18)19-3-5-20(28-2)6-4-19/h3-6,14-18,22H,7-13H2,1-2H3/t14?,15?,16?,17?,18-,22?/m1/s1. The molecule has 6 rings (SSSR count). The Bertz CT molecular complexity index is 747. The van der Waals surface area contributed by atoms with Gasteiger partial charge in [-0.1, -0.05) is 0 Å². The Morgan fingerprint density at radius 3 is 2.21 bits per heavy atom. The van der Waals surface area contributed by atoms with Gasteiger partial charge in [-0.05, 0) is 80.0 Å². The second-order valence-corrected chi connectivity index (χ2v) is 9.47. The Morgan fingerprint density at radius 1 is 1.04 bits per heavy atom. The van der Waals surface area contributed by atoms with Gasteiger partial charge in [0.25, 0.3) is 0 Å². The van der Waals surface area contributed by atoms with E-state index in [-0.39, 0.29) is 17.7 Å². The van der Waals surface area contributed by atoms with Crippen molar-refractivity contribution in [3.05, 3.63) is 24.3 Å². The molecule has 1 aromatic carbocycles. The van der Waals surface area contributed by atoms with E-state index >= 15 is 0 Å². The first-order valence-electron chi connectivity index (χ1n) is 10.7. The number of hydrogen-bond donors (Lipinski definition) is 0. The summed E-state index contributed by atoms with van der Waals surface area (Å²) in [5.41, 5.74) is 0.846. The maximum atomic E-state index is 13.3. The number of ether oxygens (including phenoxy) is 1. The summed E-state index contributed by atoms with van der Waals surface area (Å²) in [6.07, 6.45) is 6.95. The molecule has 0 N–H and O–H groups in total. The van der Waals surface area contributed by atoms with Gasteiger partial charge in [0.1, 0.15) is 5.75 Å². The Hall–Kier alpha value is -2.04. The molecule has 5 aliphatic rings. The van der Waals surface area contributed by atoms with E-state index < -0.39 is 0 Å². The second-order valence-electron chi connectivity index (χ2n) is 9.47. The zero-order chi connectivity index (χ0) is 19.4. The summed E-state index contributed by atoms with van der Waals surface area (Å²) in [6.45, 7) is 0.488. The third-order valence-corrected chi connectivity index (χ3v) is 7.83. The largest absolute Gasteiger partial charge is 0.497 e. The quantitative estimate of drug-likeness (QED) is 0.803. The van der Waals surface area contributed by atoms with Crippen LogP contribution in [0.4, 0.5) is 5.69 Å². The number of hydrogen-bond acceptors (Lipinski definition) is 3. The molecule has 1 atom stereocenters. The fraction of sp³-hybridized carbons (Fsp3) is 0.652. The van der Waals surface area contributed by atoms with Crippen LogP contribution in [0.1, 0.15) is 38.5 Å². The van der Waals surface area contributed by atoms with Crippen molar-refractivity contribution in [3.63, 3.8) is 0 Å². The molecule has 5 fully saturated rings. The molecule has 0 aromatic heterocycles. The van der Waals surface area contributed by atoms with Crippen molar-refractivity contribution in [2.75, 3.05) is 25.6 Å². The molecule has 1 aromatic rings. The molecule has 28 heavy (non-hydrogen) atoms. The van der Waals surface area contributed by atoms with Crippen LogP contribution in [-0.2, 0) is 9.59 Å². The molecular formula is C23H30N2O3. The molecule has 1 heterocycles. The minimum Gasteiger partial charge on any atom is -0.497 e. The zero-order valence-electron chi connectivity index (χ0n) is 16.8. The molecule has 5 nitrogen and oxygen atoms in total. The van der Waals surface area contributed by atoms with Crippen LogP contribution < -0.4 is 9.64 Å². The predicted octanol–water partition coefficient (Wildman–Crippen LogP) is 3.33. The smallest absolute Gasteiger partial charge is 0.228 e. The number of carbonyl (C=O) groups is 2. The predicted molar refractivity (Wildman–Crippen MR) is 107 cm³/mol. The van der Waals surface area contributed by atoms with E-state index in [0.29, 0.717) is 30.8 Å². The Balaban J connectivity index is 1.28. The zero-order valence-corrected chi connectivity index (χ0v) is 16.8. The SMILES string of the molecule is COc1ccc(N2C[C@H](C(=O)N(C)C3C4CC5CC(C4)CC3C5)CC2=O)cc1. The summed E-state index contributed by atoms with van der Waals surface area (Å²) in [4.78, 5) is 29.7. The molecule has 5 heteroatoms. The highest BCUT2D eigenvalue weighted by Gasteiger charge is 2.51. The van der Waals surface area contributed by atoms with Gasteiger partial charge in [0.15, 0.2) is 0 Å². The van der Waals surface area contributed by atoms with Crippen LogP contribution in [0.3, 0.4) is 0 Å². The van der Waals surface area contributed by atoms with E-state index in [1.165, 1.54) is 32.1 Å². The van der Waals surface area contributed by atoms with Gasteiger partial charge in [-0.2, -0.15) is 0 Å². The maximum Gasteiger partial charge on any atom is 0.228 e. The van der Waals surface area contributed by atoms with Gasteiger partial charge >= 0.3 is 0 Å². The van der Waals surface area contributed by atoms with Gasteiger partial charge in [0.05, 0.1) is 13.0 Å². The van der Waals surface area contributed by atoms with Crippen molar-refractivity contribution in [2.45, 2.75) is 44.6 Å². The monoisotopic (exact) mass is 382 g/mol. The van der Waals surface area contributed by atoms with E-state index in [1.54, 1.807) is 12.0 Å². The lowest BCUT2D eigenvalue weighted by atomic mass is 9.54. The number of amides is 2. The number of anilines is 1. The lowest BCUT2D eigenvalue weighted by Crippen LogP contribution is -2.57. The van der Waals surface area contributed by atoms with E-state index in [2.05, 4.69) is 0 Å². The number of rotatable bonds is 4. The van der Waals surface area contributed by atoms with Gasteiger partial charge in [0, 0.05) is 31.7 Å². The minimum absolute atomic E-state index is 0.0435. The molecule has 150 valence electrons. The van der Waals surface area contributed by atoms with Gasteiger partial charge in [-0.25, -0.2) is 0 Å². The van der Waals surface area contributed by atoms with Crippen molar-refractivity contribution in [1.29, 1.82) is 0 Å². The number of methoxy groups -OCH3 is 1. The molecule has 1 saturated heterocycles. The summed E-state index contributed by atoms with van der Waals surface area (Å²) in [5.74, 6) is 3.92. The Morgan fingerprint density at radius 2 is 1.64 bits per heavy atom. The van der Waals surface area contributed by atoms with Crippen molar-refractivity contribution in [2.24, 2.45) is 29.6 Å². The van der Waals surface area contributed by atoms with E-state index in [4.69, 9.17) is 4.74 Å². The van der Waals surface area contributed by atoms with Crippen molar-refractivity contribution < 1.29 is 14.3 Å². The average molecular weight is 383 g/mol. The van der Waals surface area contributed by atoms with Crippen molar-refractivity contribution in [3.8, 4) is 5.75 Å². The summed E-state index contributed by atoms with van der Waals surface area (Å²) in [5, 5.41) is 0. The highest BCUT2D eigenvalue weighted by atomic mass is 16.5. The summed E-state index contributed by atoms with van der Waals surface area (Å²) in [7, 11) is 3.63. The van der Waals surface area contributed by atoms with Crippen LogP contribution in [0.5, 0.6) is 5.75 Å². The molecule has 0 spiro atoms. The highest BCUT2D eigenvalue weighted by molar-refractivity contribution is 6.00. The second kappa shape index (κ2) is 6.78. The first kappa shape index (κ1) is 18.0. The van der Waals surface area contributed by atoms with E-state index in [0.717, 1.165) is 23.3 Å². The van der Waals surface area contributed by atoms with Gasteiger partial charge in [0.2, 0.25) is 11.8 Å². The summed E-state index contributed by atoms with van der Waals surface area (Å²) >= 11 is 0. The van der Waals surface area contributed by atoms with Gasteiger partial charge < -0.3 is 14.5 Å². The first-order valence-corrected chi connectivity index (χ1v) is 10.7. The van der Waals surface area contributed by atoms with Crippen LogP contribution in [0.25, 0.3) is 0 Å². The molecule has 2 amide bonds. The Labute approximate surface area is 167 Å². The molecule has 1 aliphatic heterocycles. The maximum absolute atomic E-state index is 13.3. The molecule has 4 saturated carbocycles. The lowest BCUT2D eigenvalue weighted by Gasteiger charge is -2.56. The fourth-order valence-corrected chi connectivity index (χ4v) is 6.85. The van der Waals surface area contributed by atoms with Crippen LogP contribution in [0.2, 0.25) is 0 Å². The minimum atomic E-state index is -0.225. The van der Waals surface area contributed by atoms with Crippen molar-refractivity contribution >= 4 is 17.5 Å². The lowest BCUT2D eigenvalue weighted by molar-refractivity contribution is -0.145. The van der Waals surface area contributed by atoms with Gasteiger partial charge in [-0.15, -0.1) is 0 Å². The van der Waals surface area contributed by atoms with Crippen molar-refractivity contribution in [1.82, 2.24) is 4.90 Å². The van der Waals surface area contributed by atoms with E-state index in [1.807, 2.05) is 36.2 Å². The molecule has 0 unspecified atom stereocenters. The van der Waals surface area contributed by atoms with Crippen LogP contribution in [-0.4, -0.2) is 43.5 Å². The molecule has 0 radical (unpaired) electrons. The highest BCUT2D eigenvalue weighted by Crippen LogP contribution is 2.55. The Kier molecular flexibility index (Phi) is 4.37. The average Bonchev–Trinajstić information content (AvgIpc) is 3.08.